The van der Waals surface area contributed by atoms with Crippen molar-refractivity contribution in [2.45, 2.75) is 77.9 Å². The predicted molar refractivity (Wildman–Crippen MR) is 124 cm³/mol. The van der Waals surface area contributed by atoms with E-state index in [1.807, 2.05) is 24.4 Å². The molecule has 0 amide bonds. The molecule has 3 aliphatic carbocycles. The summed E-state index contributed by atoms with van der Waals surface area (Å²) in [7, 11) is 0. The van der Waals surface area contributed by atoms with Crippen molar-refractivity contribution in [3.05, 3.63) is 36.0 Å². The van der Waals surface area contributed by atoms with Gasteiger partial charge >= 0.3 is 5.97 Å². The van der Waals surface area contributed by atoms with Gasteiger partial charge in [0.25, 0.3) is 0 Å². The molecule has 0 saturated heterocycles. The van der Waals surface area contributed by atoms with Crippen LogP contribution in [0.3, 0.4) is 0 Å². The number of para-hydroxylation sites is 1. The van der Waals surface area contributed by atoms with Crippen molar-refractivity contribution in [1.29, 1.82) is 0 Å². The average molecular weight is 423 g/mol. The van der Waals surface area contributed by atoms with Crippen LogP contribution in [0.4, 0.5) is 0 Å². The zero-order chi connectivity index (χ0) is 21.8. The Morgan fingerprint density at radius 1 is 1.19 bits per heavy atom. The Balaban J connectivity index is 1.18. The van der Waals surface area contributed by atoms with Crippen LogP contribution in [0, 0.1) is 35.0 Å². The van der Waals surface area contributed by atoms with Gasteiger partial charge < -0.3 is 15.5 Å². The molecule has 31 heavy (non-hydrogen) atoms. The summed E-state index contributed by atoms with van der Waals surface area (Å²) < 4.78 is 5.98. The molecule has 1 aromatic heterocycles. The van der Waals surface area contributed by atoms with Crippen molar-refractivity contribution < 1.29 is 9.53 Å². The lowest BCUT2D eigenvalue weighted by Crippen LogP contribution is -2.40. The number of carbonyl (C=O) groups is 1. The van der Waals surface area contributed by atoms with E-state index in [0.717, 1.165) is 53.0 Å². The van der Waals surface area contributed by atoms with Crippen LogP contribution >= 0.6 is 0 Å². The Kier molecular flexibility index (Phi) is 5.40. The molecule has 3 saturated carbocycles. The number of rotatable bonds is 5. The molecule has 3 aliphatic rings. The van der Waals surface area contributed by atoms with Gasteiger partial charge in [0.05, 0.1) is 0 Å². The smallest absolute Gasteiger partial charge is 0.323 e. The van der Waals surface area contributed by atoms with Gasteiger partial charge in [-0.25, -0.2) is 0 Å². The minimum Gasteiger partial charge on any atom is -0.461 e. The van der Waals surface area contributed by atoms with E-state index in [1.54, 1.807) is 0 Å². The molecule has 5 unspecified atom stereocenters. The van der Waals surface area contributed by atoms with E-state index < -0.39 is 6.04 Å². The van der Waals surface area contributed by atoms with Crippen molar-refractivity contribution in [3.63, 3.8) is 0 Å². The van der Waals surface area contributed by atoms with Gasteiger partial charge in [-0.2, -0.15) is 0 Å². The molecule has 0 spiro atoms. The SMILES string of the molecule is CC1[C@@H]2C[C@@H](CC2C2CCCC(OC(=O)C(N)Cc3c[nH]c4ccccc34)C2)C1(C)C. The highest BCUT2D eigenvalue weighted by Gasteiger charge is 2.56. The maximum atomic E-state index is 12.8. The lowest BCUT2D eigenvalue weighted by atomic mass is 9.62. The first kappa shape index (κ1) is 21.1. The Hall–Kier alpha value is -1.81. The van der Waals surface area contributed by atoms with Crippen molar-refractivity contribution in [1.82, 2.24) is 4.98 Å². The number of ether oxygens (including phenoxy) is 1. The van der Waals surface area contributed by atoms with Gasteiger partial charge in [0.1, 0.15) is 12.1 Å². The van der Waals surface area contributed by atoms with Gasteiger partial charge in [-0.1, -0.05) is 39.0 Å². The predicted octanol–water partition coefficient (Wildman–Crippen LogP) is 5.46. The van der Waals surface area contributed by atoms with Gasteiger partial charge in [-0.3, -0.25) is 4.79 Å². The monoisotopic (exact) mass is 422 g/mol. The highest BCUT2D eigenvalue weighted by Crippen LogP contribution is 2.63. The number of nitrogens with two attached hydrogens (primary N) is 1. The summed E-state index contributed by atoms with van der Waals surface area (Å²) in [5.41, 5.74) is 8.94. The van der Waals surface area contributed by atoms with Crippen molar-refractivity contribution >= 4 is 16.9 Å². The fourth-order valence-corrected chi connectivity index (χ4v) is 7.30. The van der Waals surface area contributed by atoms with Crippen LogP contribution in [0.1, 0.15) is 64.9 Å². The Morgan fingerprint density at radius 3 is 2.74 bits per heavy atom. The van der Waals surface area contributed by atoms with Crippen LogP contribution in [0.5, 0.6) is 0 Å². The summed E-state index contributed by atoms with van der Waals surface area (Å²) >= 11 is 0. The van der Waals surface area contributed by atoms with Gasteiger partial charge in [0.2, 0.25) is 0 Å². The van der Waals surface area contributed by atoms with E-state index in [0.29, 0.717) is 17.8 Å². The molecular weight excluding hydrogens is 384 g/mol. The number of benzene rings is 1. The summed E-state index contributed by atoms with van der Waals surface area (Å²) in [5.74, 6) is 3.86. The molecule has 4 heteroatoms. The minimum absolute atomic E-state index is 0.0442. The molecule has 0 aliphatic heterocycles. The molecular formula is C27H38N2O2. The largest absolute Gasteiger partial charge is 0.461 e. The van der Waals surface area contributed by atoms with E-state index in [-0.39, 0.29) is 12.1 Å². The number of hydrogen-bond acceptors (Lipinski definition) is 3. The molecule has 1 heterocycles. The van der Waals surface area contributed by atoms with Crippen LogP contribution in [-0.4, -0.2) is 23.1 Å². The van der Waals surface area contributed by atoms with Crippen molar-refractivity contribution in [2.24, 2.45) is 40.7 Å². The van der Waals surface area contributed by atoms with E-state index in [4.69, 9.17) is 10.5 Å². The zero-order valence-corrected chi connectivity index (χ0v) is 19.3. The third kappa shape index (κ3) is 3.71. The Labute approximate surface area is 186 Å². The molecule has 4 nitrogen and oxygen atoms in total. The van der Waals surface area contributed by atoms with Crippen LogP contribution in [-0.2, 0) is 16.0 Å². The molecule has 7 atom stereocenters. The summed E-state index contributed by atoms with van der Waals surface area (Å²) in [6, 6.07) is 7.53. The lowest BCUT2D eigenvalue weighted by molar-refractivity contribution is -0.153. The fraction of sp³-hybridized carbons (Fsp3) is 0.667. The first-order chi connectivity index (χ1) is 14.8. The standard InChI is InChI=1S/C27H38N2O2/c1-16-22-13-19(27(16,2)3)14-23(22)17-7-6-8-20(11-17)31-26(30)24(28)12-18-15-29-25-10-5-4-9-21(18)25/h4-5,9-10,15-17,19-20,22-24,29H,6-8,11-14,28H2,1-3H3/t16?,17?,19-,20?,22-,23?,24?/m0/s1. The normalized spacial score (nSPS) is 35.4. The third-order valence-corrected chi connectivity index (χ3v) is 9.50. The molecule has 2 aromatic rings. The third-order valence-electron chi connectivity index (χ3n) is 9.50. The number of esters is 1. The molecule has 1 aromatic carbocycles. The number of hydrogen-bond donors (Lipinski definition) is 2. The second-order valence-corrected chi connectivity index (χ2v) is 11.3. The molecule has 2 bridgehead atoms. The maximum Gasteiger partial charge on any atom is 0.323 e. The fourth-order valence-electron chi connectivity index (χ4n) is 7.30. The van der Waals surface area contributed by atoms with E-state index in [9.17, 15) is 4.79 Å². The van der Waals surface area contributed by atoms with Gasteiger partial charge in [0.15, 0.2) is 0 Å². The second kappa shape index (κ2) is 7.95. The van der Waals surface area contributed by atoms with Crippen molar-refractivity contribution in [2.75, 3.05) is 0 Å². The number of carbonyl (C=O) groups excluding carboxylic acids is 1. The molecule has 168 valence electrons. The minimum atomic E-state index is -0.608. The summed E-state index contributed by atoms with van der Waals surface area (Å²) in [6.45, 7) is 7.42. The van der Waals surface area contributed by atoms with Gasteiger partial charge in [0, 0.05) is 23.5 Å². The second-order valence-electron chi connectivity index (χ2n) is 11.3. The van der Waals surface area contributed by atoms with Crippen LogP contribution in [0.15, 0.2) is 30.5 Å². The van der Waals surface area contributed by atoms with Crippen LogP contribution < -0.4 is 5.73 Å². The number of nitrogens with one attached hydrogen (secondary N) is 1. The number of aromatic nitrogens is 1. The lowest BCUT2D eigenvalue weighted by Gasteiger charge is -2.44. The number of fused-ring (bicyclic) bond motifs is 3. The van der Waals surface area contributed by atoms with Crippen LogP contribution in [0.2, 0.25) is 0 Å². The van der Waals surface area contributed by atoms with Gasteiger partial charge in [-0.05, 0) is 85.2 Å². The average Bonchev–Trinajstić information content (AvgIpc) is 3.43. The van der Waals surface area contributed by atoms with E-state index in [2.05, 4.69) is 31.8 Å². The molecule has 3 N–H and O–H groups in total. The van der Waals surface area contributed by atoms with E-state index >= 15 is 0 Å². The highest BCUT2D eigenvalue weighted by atomic mass is 16.5. The molecule has 0 radical (unpaired) electrons. The van der Waals surface area contributed by atoms with Crippen molar-refractivity contribution in [3.8, 4) is 0 Å². The molecule has 3 fully saturated rings. The van der Waals surface area contributed by atoms with Gasteiger partial charge in [-0.15, -0.1) is 0 Å². The first-order valence-electron chi connectivity index (χ1n) is 12.4. The topological polar surface area (TPSA) is 68.1 Å². The van der Waals surface area contributed by atoms with E-state index in [1.165, 1.54) is 25.7 Å². The number of H-pyrrole nitrogens is 1. The maximum absolute atomic E-state index is 12.8. The Bertz CT molecular complexity index is 944. The summed E-state index contributed by atoms with van der Waals surface area (Å²) in [6.07, 6.45) is 9.81. The van der Waals surface area contributed by atoms with Crippen LogP contribution in [0.25, 0.3) is 10.9 Å². The highest BCUT2D eigenvalue weighted by molar-refractivity contribution is 5.84. The summed E-state index contributed by atoms with van der Waals surface area (Å²) in [4.78, 5) is 16.1. The zero-order valence-electron chi connectivity index (χ0n) is 19.3. The quantitative estimate of drug-likeness (QED) is 0.629. The first-order valence-corrected chi connectivity index (χ1v) is 12.4. The number of aromatic amines is 1. The molecule has 5 rings (SSSR count). The summed E-state index contributed by atoms with van der Waals surface area (Å²) in [5, 5.41) is 1.14. The Morgan fingerprint density at radius 2 is 1.97 bits per heavy atom.